The molecule has 2 bridgehead atoms. The number of aryl methyl sites for hydroxylation is 1. The minimum atomic E-state index is -3.61. The molecule has 0 radical (unpaired) electrons. The van der Waals surface area contributed by atoms with Crippen LogP contribution in [0.5, 0.6) is 5.88 Å². The molecule has 1 spiro atoms. The molecule has 12 heteroatoms. The molecule has 2 N–H and O–H groups in total. The first kappa shape index (κ1) is 25.9. The first-order valence-corrected chi connectivity index (χ1v) is 16.0. The van der Waals surface area contributed by atoms with Crippen molar-refractivity contribution in [3.63, 3.8) is 0 Å². The van der Waals surface area contributed by atoms with Gasteiger partial charge in [-0.05, 0) is 72.8 Å². The number of aromatic nitrogens is 6. The molecule has 0 unspecified atom stereocenters. The number of hydrogen-bond acceptors (Lipinski definition) is 7. The molecule has 11 nitrogen and oxygen atoms in total. The highest BCUT2D eigenvalue weighted by molar-refractivity contribution is 7.89. The maximum absolute atomic E-state index is 14.2. The zero-order valence-electron chi connectivity index (χ0n) is 23.1. The maximum atomic E-state index is 14.2. The van der Waals surface area contributed by atoms with E-state index in [9.17, 15) is 18.3 Å². The van der Waals surface area contributed by atoms with Gasteiger partial charge in [0.05, 0.1) is 18.5 Å². The Balaban J connectivity index is 1.17. The topological polar surface area (TPSA) is 139 Å². The third-order valence-corrected chi connectivity index (χ3v) is 13.4. The van der Waals surface area contributed by atoms with E-state index in [0.717, 1.165) is 32.1 Å². The number of rotatable bonds is 6. The molecule has 40 heavy (non-hydrogen) atoms. The fraction of sp³-hybridized carbons (Fsp3) is 0.643. The highest BCUT2D eigenvalue weighted by atomic mass is 32.2. The van der Waals surface area contributed by atoms with Crippen LogP contribution < -0.4 is 5.69 Å². The van der Waals surface area contributed by atoms with Gasteiger partial charge in [0, 0.05) is 24.5 Å². The number of H-pyrrole nitrogens is 1. The first-order chi connectivity index (χ1) is 19.1. The smallest absolute Gasteiger partial charge is 0.331 e. The van der Waals surface area contributed by atoms with Crippen LogP contribution in [0.25, 0.3) is 0 Å². The van der Waals surface area contributed by atoms with Crippen LogP contribution in [-0.4, -0.2) is 66.4 Å². The summed E-state index contributed by atoms with van der Waals surface area (Å²) in [6.07, 6.45) is 7.53. The predicted molar refractivity (Wildman–Crippen MR) is 147 cm³/mol. The predicted octanol–water partition coefficient (Wildman–Crippen LogP) is 2.59. The molecule has 4 aliphatic rings. The van der Waals surface area contributed by atoms with E-state index < -0.39 is 21.5 Å². The number of fused-ring (bicyclic) bond motifs is 4. The number of nitrogens with one attached hydrogen (secondary N) is 1. The van der Waals surface area contributed by atoms with Crippen molar-refractivity contribution in [3.8, 4) is 5.88 Å². The molecule has 0 amide bonds. The second-order valence-corrected chi connectivity index (χ2v) is 15.0. The Morgan fingerprint density at radius 2 is 1.90 bits per heavy atom. The number of aromatic hydroxyl groups is 1. The summed E-state index contributed by atoms with van der Waals surface area (Å²) in [6, 6.07) is 8.21. The van der Waals surface area contributed by atoms with Gasteiger partial charge in [-0.25, -0.2) is 17.5 Å². The monoisotopic (exact) mass is 567 g/mol. The van der Waals surface area contributed by atoms with Gasteiger partial charge in [-0.2, -0.15) is 5.21 Å². The molecular weight excluding hydrogens is 530 g/mol. The third-order valence-electron chi connectivity index (χ3n) is 11.3. The van der Waals surface area contributed by atoms with Gasteiger partial charge in [0.1, 0.15) is 0 Å². The van der Waals surface area contributed by atoms with E-state index in [2.05, 4.69) is 58.7 Å². The molecule has 3 atom stereocenters. The van der Waals surface area contributed by atoms with Crippen LogP contribution in [0.15, 0.2) is 35.3 Å². The van der Waals surface area contributed by atoms with E-state index in [0.29, 0.717) is 31.8 Å². The first-order valence-electron chi connectivity index (χ1n) is 14.4. The summed E-state index contributed by atoms with van der Waals surface area (Å²) in [4.78, 5) is 13.6. The second kappa shape index (κ2) is 8.75. The largest absolute Gasteiger partial charge is 0.493 e. The molecule has 2 aromatic heterocycles. The average Bonchev–Trinajstić information content (AvgIpc) is 3.71. The standard InChI is InChI=1S/C28H37N7O4S/c1-26(2)20-8-10-28(26,22(15-20)35-24(36)17-33(25(35)37)16-23-29-31-32-30-23)18-40(38,39)34-13-11-27(12-14-34)9-7-19-5-3-4-6-21(19)27/h3-6,17,20,22,36H,7-16,18H2,1-2H3,(H,29,30,31,32)/t20-,22+,28-/m1/s1. The van der Waals surface area contributed by atoms with Gasteiger partial charge < -0.3 is 5.11 Å². The zero-order chi connectivity index (χ0) is 27.9. The van der Waals surface area contributed by atoms with Crippen molar-refractivity contribution in [2.75, 3.05) is 18.8 Å². The van der Waals surface area contributed by atoms with Crippen LogP contribution in [0.3, 0.4) is 0 Å². The van der Waals surface area contributed by atoms with Crippen molar-refractivity contribution in [1.29, 1.82) is 0 Å². The number of benzene rings is 1. The van der Waals surface area contributed by atoms with Crippen molar-refractivity contribution in [3.05, 3.63) is 57.9 Å². The van der Waals surface area contributed by atoms with Crippen molar-refractivity contribution < 1.29 is 13.5 Å². The number of tetrazole rings is 1. The second-order valence-electron chi connectivity index (χ2n) is 13.1. The molecule has 2 saturated carbocycles. The fourth-order valence-corrected chi connectivity index (χ4v) is 11.2. The summed E-state index contributed by atoms with van der Waals surface area (Å²) < 4.78 is 32.8. The van der Waals surface area contributed by atoms with E-state index in [-0.39, 0.29) is 40.6 Å². The molecule has 1 saturated heterocycles. The van der Waals surface area contributed by atoms with Crippen molar-refractivity contribution in [2.24, 2.45) is 16.7 Å². The van der Waals surface area contributed by atoms with Gasteiger partial charge in [-0.1, -0.05) is 43.3 Å². The van der Waals surface area contributed by atoms with Gasteiger partial charge in [-0.15, -0.1) is 10.2 Å². The van der Waals surface area contributed by atoms with Crippen LogP contribution >= 0.6 is 0 Å². The number of nitrogens with zero attached hydrogens (tertiary/aromatic N) is 6. The molecular formula is C28H37N7O4S. The van der Waals surface area contributed by atoms with Crippen LogP contribution in [-0.2, 0) is 28.4 Å². The summed E-state index contributed by atoms with van der Waals surface area (Å²) in [5, 5.41) is 24.7. The minimum absolute atomic E-state index is 0.0142. The third kappa shape index (κ3) is 3.60. The molecule has 1 aliphatic heterocycles. The molecule has 3 aliphatic carbocycles. The number of piperidine rings is 1. The van der Waals surface area contributed by atoms with E-state index in [4.69, 9.17) is 0 Å². The SMILES string of the molecule is CC1(C)[C@@H]2CC[C@@]1(CS(=O)(=O)N1CCC3(CCc4ccccc43)CC1)[C@@H](n1c(O)cn(Cc3nn[nH]n3)c1=O)C2. The molecule has 3 aromatic rings. The quantitative estimate of drug-likeness (QED) is 0.467. The Kier molecular flexibility index (Phi) is 5.68. The summed E-state index contributed by atoms with van der Waals surface area (Å²) >= 11 is 0. The molecule has 7 rings (SSSR count). The Hall–Kier alpha value is -2.99. The Morgan fingerprint density at radius 1 is 1.12 bits per heavy atom. The summed E-state index contributed by atoms with van der Waals surface area (Å²) in [5.74, 6) is 0.440. The summed E-state index contributed by atoms with van der Waals surface area (Å²) in [5.41, 5.74) is 1.55. The van der Waals surface area contributed by atoms with Gasteiger partial charge in [0.15, 0.2) is 5.82 Å². The summed E-state index contributed by atoms with van der Waals surface area (Å²) in [7, 11) is -3.61. The highest BCUT2D eigenvalue weighted by Gasteiger charge is 2.66. The van der Waals surface area contributed by atoms with Crippen molar-refractivity contribution in [2.45, 2.75) is 76.8 Å². The zero-order valence-corrected chi connectivity index (χ0v) is 23.9. The highest BCUT2D eigenvalue weighted by Crippen LogP contribution is 2.70. The van der Waals surface area contributed by atoms with Gasteiger partial charge in [-0.3, -0.25) is 9.13 Å². The molecule has 3 fully saturated rings. The Morgan fingerprint density at radius 3 is 2.62 bits per heavy atom. The Labute approximate surface area is 233 Å². The fourth-order valence-electron chi connectivity index (χ4n) is 8.93. The van der Waals surface area contributed by atoms with Crippen LogP contribution in [0.2, 0.25) is 0 Å². The average molecular weight is 568 g/mol. The lowest BCUT2D eigenvalue weighted by Gasteiger charge is -2.45. The lowest BCUT2D eigenvalue weighted by Crippen LogP contribution is -2.51. The maximum Gasteiger partial charge on any atom is 0.331 e. The van der Waals surface area contributed by atoms with Gasteiger partial charge in [0.25, 0.3) is 0 Å². The van der Waals surface area contributed by atoms with Gasteiger partial charge >= 0.3 is 5.69 Å². The van der Waals surface area contributed by atoms with Crippen LogP contribution in [0.1, 0.15) is 75.4 Å². The summed E-state index contributed by atoms with van der Waals surface area (Å²) in [6.45, 7) is 5.42. The minimum Gasteiger partial charge on any atom is -0.493 e. The number of hydrogen-bond donors (Lipinski definition) is 2. The number of aromatic amines is 1. The molecule has 214 valence electrons. The van der Waals surface area contributed by atoms with Crippen molar-refractivity contribution >= 4 is 10.0 Å². The lowest BCUT2D eigenvalue weighted by atomic mass is 9.69. The Bertz CT molecular complexity index is 1600. The number of imidazole rings is 1. The van der Waals surface area contributed by atoms with E-state index in [1.54, 1.807) is 4.31 Å². The molecule has 3 heterocycles. The van der Waals surface area contributed by atoms with E-state index in [1.807, 2.05) is 0 Å². The normalized spacial score (nSPS) is 28.9. The van der Waals surface area contributed by atoms with E-state index >= 15 is 0 Å². The van der Waals surface area contributed by atoms with Gasteiger partial charge in [0.2, 0.25) is 15.9 Å². The van der Waals surface area contributed by atoms with Crippen LogP contribution in [0, 0.1) is 16.7 Å². The number of sulfonamides is 1. The molecule has 1 aromatic carbocycles. The van der Waals surface area contributed by atoms with Crippen LogP contribution in [0.4, 0.5) is 0 Å². The van der Waals surface area contributed by atoms with E-state index in [1.165, 1.54) is 26.5 Å². The lowest BCUT2D eigenvalue weighted by molar-refractivity contribution is 0.102. The van der Waals surface area contributed by atoms with Crippen molar-refractivity contribution in [1.82, 2.24) is 34.1 Å².